The van der Waals surface area contributed by atoms with Gasteiger partial charge in [0.1, 0.15) is 6.04 Å². The maximum absolute atomic E-state index is 12.9. The first kappa shape index (κ1) is 23.1. The molecular weight excluding hydrogens is 434 g/mol. The minimum Gasteiger partial charge on any atom is -0.354 e. The standard InChI is InChI=1S/C25H29N5O2S/c1-18-23(19(2)30(28-18)20-9-5-3-6-10-20)24-25(32)27-13-15-29(24)17-22(31)26-14-16-33-21-11-7-4-8-12-21/h3-12,24H,13-17H2,1-2H3,(H,26,31)(H,27,32). The lowest BCUT2D eigenvalue weighted by Gasteiger charge is -2.34. The highest BCUT2D eigenvalue weighted by atomic mass is 32.2. The summed E-state index contributed by atoms with van der Waals surface area (Å²) in [4.78, 5) is 28.7. The molecule has 7 nitrogen and oxygen atoms in total. The fourth-order valence-corrected chi connectivity index (χ4v) is 4.98. The van der Waals surface area contributed by atoms with Crippen LogP contribution < -0.4 is 10.6 Å². The van der Waals surface area contributed by atoms with Gasteiger partial charge in [-0.2, -0.15) is 5.10 Å². The second-order valence-corrected chi connectivity index (χ2v) is 9.18. The third-order valence-electron chi connectivity index (χ3n) is 5.72. The number of aryl methyl sites for hydroxylation is 1. The summed E-state index contributed by atoms with van der Waals surface area (Å²) in [6, 6.07) is 19.4. The molecule has 1 unspecified atom stereocenters. The van der Waals surface area contributed by atoms with Crippen LogP contribution in [0, 0.1) is 13.8 Å². The van der Waals surface area contributed by atoms with Crippen LogP contribution in [-0.2, 0) is 9.59 Å². The molecule has 0 bridgehead atoms. The number of nitrogens with one attached hydrogen (secondary N) is 2. The lowest BCUT2D eigenvalue weighted by atomic mass is 10.00. The Balaban J connectivity index is 1.43. The Hall–Kier alpha value is -3.10. The Labute approximate surface area is 198 Å². The van der Waals surface area contributed by atoms with E-state index in [1.807, 2.05) is 72.0 Å². The number of hydrogen-bond donors (Lipinski definition) is 2. The van der Waals surface area contributed by atoms with Gasteiger partial charge in [-0.3, -0.25) is 14.5 Å². The number of thioether (sulfide) groups is 1. The number of hydrogen-bond acceptors (Lipinski definition) is 5. The molecule has 1 fully saturated rings. The van der Waals surface area contributed by atoms with Crippen LogP contribution in [0.2, 0.25) is 0 Å². The molecule has 1 saturated heterocycles. The zero-order valence-electron chi connectivity index (χ0n) is 19.0. The average molecular weight is 464 g/mol. The highest BCUT2D eigenvalue weighted by Crippen LogP contribution is 2.30. The third kappa shape index (κ3) is 5.46. The first-order chi connectivity index (χ1) is 16.0. The Morgan fingerprint density at radius 2 is 1.82 bits per heavy atom. The molecule has 1 atom stereocenters. The molecule has 2 amide bonds. The van der Waals surface area contributed by atoms with Crippen molar-refractivity contribution >= 4 is 23.6 Å². The summed E-state index contributed by atoms with van der Waals surface area (Å²) in [6.07, 6.45) is 0. The molecular formula is C25H29N5O2S. The summed E-state index contributed by atoms with van der Waals surface area (Å²) in [5.74, 6) is 0.628. The molecule has 2 N–H and O–H groups in total. The molecule has 0 saturated carbocycles. The van der Waals surface area contributed by atoms with Crippen LogP contribution >= 0.6 is 11.8 Å². The fraction of sp³-hybridized carbons (Fsp3) is 0.320. The summed E-state index contributed by atoms with van der Waals surface area (Å²) < 4.78 is 1.87. The first-order valence-corrected chi connectivity index (χ1v) is 12.1. The molecule has 0 radical (unpaired) electrons. The predicted molar refractivity (Wildman–Crippen MR) is 131 cm³/mol. The van der Waals surface area contributed by atoms with Gasteiger partial charge < -0.3 is 10.6 Å². The molecule has 0 aliphatic carbocycles. The molecule has 0 spiro atoms. The summed E-state index contributed by atoms with van der Waals surface area (Å²) >= 11 is 1.71. The van der Waals surface area contributed by atoms with Crippen molar-refractivity contribution in [3.8, 4) is 5.69 Å². The van der Waals surface area contributed by atoms with Crippen LogP contribution in [0.5, 0.6) is 0 Å². The molecule has 3 aromatic rings. The van der Waals surface area contributed by atoms with E-state index >= 15 is 0 Å². The van der Waals surface area contributed by atoms with Crippen LogP contribution in [0.4, 0.5) is 0 Å². The van der Waals surface area contributed by atoms with E-state index in [4.69, 9.17) is 5.10 Å². The number of piperazine rings is 1. The molecule has 2 heterocycles. The number of carbonyl (C=O) groups excluding carboxylic acids is 2. The first-order valence-electron chi connectivity index (χ1n) is 11.1. The van der Waals surface area contributed by atoms with Crippen molar-refractivity contribution in [1.29, 1.82) is 0 Å². The van der Waals surface area contributed by atoms with Crippen molar-refractivity contribution < 1.29 is 9.59 Å². The summed E-state index contributed by atoms with van der Waals surface area (Å²) in [6.45, 7) is 5.78. The normalized spacial score (nSPS) is 16.4. The number of rotatable bonds is 8. The second kappa shape index (κ2) is 10.7. The van der Waals surface area contributed by atoms with E-state index in [1.54, 1.807) is 11.8 Å². The van der Waals surface area contributed by atoms with E-state index in [1.165, 1.54) is 4.90 Å². The molecule has 172 valence electrons. The smallest absolute Gasteiger partial charge is 0.242 e. The van der Waals surface area contributed by atoms with Gasteiger partial charge in [0, 0.05) is 41.5 Å². The number of para-hydroxylation sites is 1. The van der Waals surface area contributed by atoms with E-state index in [0.29, 0.717) is 19.6 Å². The van der Waals surface area contributed by atoms with Crippen LogP contribution in [0.3, 0.4) is 0 Å². The van der Waals surface area contributed by atoms with E-state index in [0.717, 1.165) is 28.4 Å². The fourth-order valence-electron chi connectivity index (χ4n) is 4.19. The number of aromatic nitrogens is 2. The van der Waals surface area contributed by atoms with Crippen molar-refractivity contribution in [3.63, 3.8) is 0 Å². The van der Waals surface area contributed by atoms with Crippen LogP contribution in [0.15, 0.2) is 65.6 Å². The molecule has 2 aromatic carbocycles. The van der Waals surface area contributed by atoms with Crippen LogP contribution in [0.1, 0.15) is 23.0 Å². The largest absolute Gasteiger partial charge is 0.354 e. The summed E-state index contributed by atoms with van der Waals surface area (Å²) in [5.41, 5.74) is 3.51. The van der Waals surface area contributed by atoms with Crippen molar-refractivity contribution in [2.75, 3.05) is 31.9 Å². The number of amides is 2. The molecule has 1 aliphatic heterocycles. The number of carbonyl (C=O) groups is 2. The van der Waals surface area contributed by atoms with Gasteiger partial charge in [0.15, 0.2) is 0 Å². The zero-order chi connectivity index (χ0) is 23.2. The van der Waals surface area contributed by atoms with E-state index in [2.05, 4.69) is 22.8 Å². The minimum absolute atomic E-state index is 0.0749. The summed E-state index contributed by atoms with van der Waals surface area (Å²) in [7, 11) is 0. The van der Waals surface area contributed by atoms with Crippen molar-refractivity contribution in [2.24, 2.45) is 0 Å². The van der Waals surface area contributed by atoms with Gasteiger partial charge >= 0.3 is 0 Å². The average Bonchev–Trinajstić information content (AvgIpc) is 3.12. The summed E-state index contributed by atoms with van der Waals surface area (Å²) in [5, 5.41) is 10.6. The SMILES string of the molecule is Cc1nn(-c2ccccc2)c(C)c1C1C(=O)NCCN1CC(=O)NCCSc1ccccc1. The molecule has 8 heteroatoms. The van der Waals surface area contributed by atoms with Gasteiger partial charge in [0.25, 0.3) is 0 Å². The van der Waals surface area contributed by atoms with Gasteiger partial charge in [-0.05, 0) is 38.1 Å². The monoisotopic (exact) mass is 463 g/mol. The lowest BCUT2D eigenvalue weighted by Crippen LogP contribution is -2.53. The number of benzene rings is 2. The Kier molecular flexibility index (Phi) is 7.47. The second-order valence-electron chi connectivity index (χ2n) is 8.01. The maximum atomic E-state index is 12.9. The van der Waals surface area contributed by atoms with E-state index in [-0.39, 0.29) is 18.4 Å². The maximum Gasteiger partial charge on any atom is 0.242 e. The molecule has 1 aromatic heterocycles. The van der Waals surface area contributed by atoms with Crippen LogP contribution in [0.25, 0.3) is 5.69 Å². The van der Waals surface area contributed by atoms with Gasteiger partial charge in [0.05, 0.1) is 17.9 Å². The predicted octanol–water partition coefficient (Wildman–Crippen LogP) is 2.87. The Bertz CT molecular complexity index is 1100. The minimum atomic E-state index is -0.541. The van der Waals surface area contributed by atoms with E-state index < -0.39 is 6.04 Å². The lowest BCUT2D eigenvalue weighted by molar-refractivity contribution is -0.131. The molecule has 4 rings (SSSR count). The quantitative estimate of drug-likeness (QED) is 0.397. The van der Waals surface area contributed by atoms with Crippen molar-refractivity contribution in [3.05, 3.63) is 77.6 Å². The van der Waals surface area contributed by atoms with Crippen molar-refractivity contribution in [2.45, 2.75) is 24.8 Å². The Morgan fingerprint density at radius 1 is 1.12 bits per heavy atom. The van der Waals surface area contributed by atoms with Gasteiger partial charge in [-0.15, -0.1) is 11.8 Å². The van der Waals surface area contributed by atoms with Crippen LogP contribution in [-0.4, -0.2) is 58.4 Å². The third-order valence-corrected chi connectivity index (χ3v) is 6.73. The highest BCUT2D eigenvalue weighted by molar-refractivity contribution is 7.99. The topological polar surface area (TPSA) is 79.3 Å². The molecule has 1 aliphatic rings. The van der Waals surface area contributed by atoms with Gasteiger partial charge in [-0.25, -0.2) is 4.68 Å². The van der Waals surface area contributed by atoms with E-state index in [9.17, 15) is 9.59 Å². The molecule has 33 heavy (non-hydrogen) atoms. The zero-order valence-corrected chi connectivity index (χ0v) is 19.8. The Morgan fingerprint density at radius 3 is 2.55 bits per heavy atom. The number of nitrogens with zero attached hydrogens (tertiary/aromatic N) is 3. The van der Waals surface area contributed by atoms with Gasteiger partial charge in [-0.1, -0.05) is 36.4 Å². The van der Waals surface area contributed by atoms with Gasteiger partial charge in [0.2, 0.25) is 11.8 Å². The highest BCUT2D eigenvalue weighted by Gasteiger charge is 2.36. The van der Waals surface area contributed by atoms with Crippen molar-refractivity contribution in [1.82, 2.24) is 25.3 Å².